The number of aromatic nitrogens is 2. The molecular formula is C19H16BrN3O4S. The Morgan fingerprint density at radius 2 is 1.89 bits per heavy atom. The van der Waals surface area contributed by atoms with Crippen LogP contribution in [0.2, 0.25) is 0 Å². The molecule has 0 aliphatic heterocycles. The van der Waals surface area contributed by atoms with E-state index in [-0.39, 0.29) is 46.3 Å². The van der Waals surface area contributed by atoms with Gasteiger partial charge in [0.25, 0.3) is 11.2 Å². The number of carbonyl (C=O) groups is 1. The third-order valence-electron chi connectivity index (χ3n) is 3.87. The van der Waals surface area contributed by atoms with Crippen LogP contribution in [0.4, 0.5) is 5.69 Å². The Balaban J connectivity index is 0.00000280. The lowest BCUT2D eigenvalue weighted by Crippen LogP contribution is -2.23. The van der Waals surface area contributed by atoms with Crippen molar-refractivity contribution in [2.75, 3.05) is 5.75 Å². The summed E-state index contributed by atoms with van der Waals surface area (Å²) in [5.41, 5.74) is 0.667. The van der Waals surface area contributed by atoms with Crippen LogP contribution in [0.1, 0.15) is 10.4 Å². The van der Waals surface area contributed by atoms with Crippen LogP contribution in [0.25, 0.3) is 10.9 Å². The van der Waals surface area contributed by atoms with Crippen molar-refractivity contribution in [3.8, 4) is 0 Å². The van der Waals surface area contributed by atoms with Crippen molar-refractivity contribution >= 4 is 51.1 Å². The molecular weight excluding hydrogens is 446 g/mol. The van der Waals surface area contributed by atoms with Gasteiger partial charge in [-0.1, -0.05) is 30.0 Å². The molecule has 0 atom stereocenters. The van der Waals surface area contributed by atoms with E-state index in [9.17, 15) is 19.7 Å². The molecule has 2 aromatic carbocycles. The van der Waals surface area contributed by atoms with E-state index in [1.54, 1.807) is 30.3 Å². The first kappa shape index (κ1) is 21.5. The van der Waals surface area contributed by atoms with Crippen molar-refractivity contribution < 1.29 is 9.72 Å². The number of para-hydroxylation sites is 1. The Kier molecular flexibility index (Phi) is 7.24. The number of hydrogen-bond acceptors (Lipinski definition) is 6. The smallest absolute Gasteiger partial charge is 0.269 e. The predicted octanol–water partition coefficient (Wildman–Crippen LogP) is 4.04. The lowest BCUT2D eigenvalue weighted by atomic mass is 10.1. The highest BCUT2D eigenvalue weighted by Gasteiger charge is 2.14. The second-order valence-electron chi connectivity index (χ2n) is 5.63. The van der Waals surface area contributed by atoms with E-state index in [1.807, 2.05) is 0 Å². The molecule has 0 N–H and O–H groups in total. The number of allylic oxidation sites excluding steroid dienone is 1. The zero-order valence-electron chi connectivity index (χ0n) is 14.6. The maximum atomic E-state index is 12.7. The SMILES string of the molecule is Br.C=CCn1c(SCC(=O)c2ccc([N+](=O)[O-])cc2)nc2ccccc2c1=O. The number of benzene rings is 2. The van der Waals surface area contributed by atoms with Gasteiger partial charge in [0.05, 0.1) is 21.6 Å². The number of Topliss-reactive ketones (excluding diaryl/α,β-unsaturated/α-hetero) is 1. The van der Waals surface area contributed by atoms with Crippen LogP contribution in [0.3, 0.4) is 0 Å². The molecule has 3 rings (SSSR count). The zero-order chi connectivity index (χ0) is 19.4. The second-order valence-corrected chi connectivity index (χ2v) is 6.57. The Hall–Kier alpha value is -2.78. The number of nitrogens with zero attached hydrogens (tertiary/aromatic N) is 3. The van der Waals surface area contributed by atoms with Crippen LogP contribution in [0.15, 0.2) is 71.1 Å². The lowest BCUT2D eigenvalue weighted by Gasteiger charge is -2.11. The first-order valence-corrected chi connectivity index (χ1v) is 9.00. The van der Waals surface area contributed by atoms with Crippen molar-refractivity contribution in [3.05, 3.63) is 87.2 Å². The van der Waals surface area contributed by atoms with Gasteiger partial charge in [-0.2, -0.15) is 0 Å². The van der Waals surface area contributed by atoms with Crippen LogP contribution in [-0.4, -0.2) is 26.0 Å². The molecule has 9 heteroatoms. The maximum Gasteiger partial charge on any atom is 0.269 e. The van der Waals surface area contributed by atoms with Crippen LogP contribution in [0.5, 0.6) is 0 Å². The van der Waals surface area contributed by atoms with Crippen molar-refractivity contribution in [1.82, 2.24) is 9.55 Å². The molecule has 0 aliphatic rings. The molecule has 0 aliphatic carbocycles. The van der Waals surface area contributed by atoms with Crippen LogP contribution in [0, 0.1) is 10.1 Å². The molecule has 0 fully saturated rings. The molecule has 0 spiro atoms. The van der Waals surface area contributed by atoms with E-state index >= 15 is 0 Å². The number of fused-ring (bicyclic) bond motifs is 1. The highest BCUT2D eigenvalue weighted by atomic mass is 79.9. The molecule has 0 saturated carbocycles. The van der Waals surface area contributed by atoms with Gasteiger partial charge in [-0.3, -0.25) is 24.3 Å². The standard InChI is InChI=1S/C19H15N3O4S.BrH/c1-2-11-21-18(24)15-5-3-4-6-16(15)20-19(21)27-12-17(23)13-7-9-14(10-8-13)22(25)26;/h2-10H,1,11-12H2;1H. The summed E-state index contributed by atoms with van der Waals surface area (Å²) in [5, 5.41) is 11.6. The summed E-state index contributed by atoms with van der Waals surface area (Å²) in [4.78, 5) is 39.7. The molecule has 0 radical (unpaired) electrons. The van der Waals surface area contributed by atoms with E-state index in [1.165, 1.54) is 28.8 Å². The quantitative estimate of drug-likeness (QED) is 0.131. The molecule has 0 bridgehead atoms. The van der Waals surface area contributed by atoms with E-state index in [2.05, 4.69) is 11.6 Å². The predicted molar refractivity (Wildman–Crippen MR) is 115 cm³/mol. The number of thioether (sulfide) groups is 1. The molecule has 7 nitrogen and oxygen atoms in total. The fourth-order valence-electron chi connectivity index (χ4n) is 2.53. The number of rotatable bonds is 7. The summed E-state index contributed by atoms with van der Waals surface area (Å²) in [6, 6.07) is 12.5. The summed E-state index contributed by atoms with van der Waals surface area (Å²) < 4.78 is 1.48. The largest absolute Gasteiger partial charge is 0.293 e. The molecule has 3 aromatic rings. The number of ketones is 1. The van der Waals surface area contributed by atoms with E-state index in [4.69, 9.17) is 0 Å². The highest BCUT2D eigenvalue weighted by Crippen LogP contribution is 2.20. The summed E-state index contributed by atoms with van der Waals surface area (Å²) in [6.07, 6.45) is 1.60. The Morgan fingerprint density at radius 1 is 1.21 bits per heavy atom. The molecule has 0 saturated heterocycles. The zero-order valence-corrected chi connectivity index (χ0v) is 17.1. The normalized spacial score (nSPS) is 10.3. The number of non-ortho nitro benzene ring substituents is 1. The molecule has 0 unspecified atom stereocenters. The van der Waals surface area contributed by atoms with Gasteiger partial charge in [-0.15, -0.1) is 23.6 Å². The minimum Gasteiger partial charge on any atom is -0.293 e. The maximum absolute atomic E-state index is 12.7. The lowest BCUT2D eigenvalue weighted by molar-refractivity contribution is -0.384. The van der Waals surface area contributed by atoms with Gasteiger partial charge in [0, 0.05) is 24.2 Å². The van der Waals surface area contributed by atoms with Gasteiger partial charge < -0.3 is 0 Å². The average Bonchev–Trinajstić information content (AvgIpc) is 2.68. The third-order valence-corrected chi connectivity index (χ3v) is 4.85. The monoisotopic (exact) mass is 461 g/mol. The fourth-order valence-corrected chi connectivity index (χ4v) is 3.43. The molecule has 28 heavy (non-hydrogen) atoms. The summed E-state index contributed by atoms with van der Waals surface area (Å²) >= 11 is 1.15. The Bertz CT molecular complexity index is 1100. The van der Waals surface area contributed by atoms with Crippen molar-refractivity contribution in [3.63, 3.8) is 0 Å². The first-order chi connectivity index (χ1) is 13.0. The average molecular weight is 462 g/mol. The van der Waals surface area contributed by atoms with Crippen LogP contribution >= 0.6 is 28.7 Å². The molecule has 144 valence electrons. The summed E-state index contributed by atoms with van der Waals surface area (Å²) in [7, 11) is 0. The topological polar surface area (TPSA) is 95.1 Å². The number of carbonyl (C=O) groups excluding carboxylic acids is 1. The van der Waals surface area contributed by atoms with E-state index in [0.717, 1.165) is 11.8 Å². The number of halogens is 1. The Morgan fingerprint density at radius 3 is 2.54 bits per heavy atom. The van der Waals surface area contributed by atoms with Gasteiger partial charge in [-0.05, 0) is 24.3 Å². The van der Waals surface area contributed by atoms with Crippen LogP contribution in [-0.2, 0) is 6.54 Å². The van der Waals surface area contributed by atoms with E-state index in [0.29, 0.717) is 21.6 Å². The molecule has 1 aromatic heterocycles. The summed E-state index contributed by atoms with van der Waals surface area (Å²) in [5.74, 6) is -0.151. The van der Waals surface area contributed by atoms with E-state index < -0.39 is 4.92 Å². The minimum atomic E-state index is -0.518. The van der Waals surface area contributed by atoms with Gasteiger partial charge in [0.15, 0.2) is 10.9 Å². The minimum absolute atomic E-state index is 0. The van der Waals surface area contributed by atoms with Gasteiger partial charge in [0.2, 0.25) is 0 Å². The first-order valence-electron chi connectivity index (χ1n) is 8.02. The van der Waals surface area contributed by atoms with Crippen molar-refractivity contribution in [1.29, 1.82) is 0 Å². The molecule has 0 amide bonds. The second kappa shape index (κ2) is 9.43. The highest BCUT2D eigenvalue weighted by molar-refractivity contribution is 8.93. The van der Waals surface area contributed by atoms with Crippen LogP contribution < -0.4 is 5.56 Å². The number of nitro benzene ring substituents is 1. The van der Waals surface area contributed by atoms with Crippen molar-refractivity contribution in [2.45, 2.75) is 11.7 Å². The van der Waals surface area contributed by atoms with Gasteiger partial charge in [-0.25, -0.2) is 4.98 Å². The Labute approximate surface area is 175 Å². The number of nitro groups is 1. The number of hydrogen-bond donors (Lipinski definition) is 0. The van der Waals surface area contributed by atoms with Gasteiger partial charge in [0.1, 0.15) is 0 Å². The third kappa shape index (κ3) is 4.55. The molecule has 1 heterocycles. The fraction of sp³-hybridized carbons (Fsp3) is 0.105. The van der Waals surface area contributed by atoms with Crippen molar-refractivity contribution in [2.24, 2.45) is 0 Å². The summed E-state index contributed by atoms with van der Waals surface area (Å²) in [6.45, 7) is 3.95. The van der Waals surface area contributed by atoms with Gasteiger partial charge >= 0.3 is 0 Å².